The second-order valence-electron chi connectivity index (χ2n) is 3.82. The normalized spacial score (nSPS) is 27.1. The van der Waals surface area contributed by atoms with Gasteiger partial charge in [0, 0.05) is 25.8 Å². The van der Waals surface area contributed by atoms with Crippen LogP contribution in [0.25, 0.3) is 0 Å². The molecule has 82 valence electrons. The summed E-state index contributed by atoms with van der Waals surface area (Å²) in [6.45, 7) is 1.68. The molecule has 1 aliphatic rings. The van der Waals surface area contributed by atoms with Gasteiger partial charge in [-0.2, -0.15) is 0 Å². The molecular formula is C10H13ClN2O2. The Bertz CT molecular complexity index is 338. The first kappa shape index (κ1) is 10.8. The highest BCUT2D eigenvalue weighted by atomic mass is 35.5. The molecule has 0 radical (unpaired) electrons. The van der Waals surface area contributed by atoms with Gasteiger partial charge < -0.3 is 10.2 Å². The molecule has 1 fully saturated rings. The molecule has 2 atom stereocenters. The Balaban J connectivity index is 1.98. The van der Waals surface area contributed by atoms with Crippen LogP contribution in [0.5, 0.6) is 0 Å². The molecule has 0 saturated carbocycles. The summed E-state index contributed by atoms with van der Waals surface area (Å²) in [6, 6.07) is 3.67. The zero-order valence-electron chi connectivity index (χ0n) is 8.17. The highest BCUT2D eigenvalue weighted by molar-refractivity contribution is 6.29. The summed E-state index contributed by atoms with van der Waals surface area (Å²) in [5.74, 6) is 0. The fourth-order valence-corrected chi connectivity index (χ4v) is 1.97. The molecule has 1 saturated heterocycles. The number of nitrogens with zero attached hydrogens (tertiary/aromatic N) is 2. The van der Waals surface area contributed by atoms with E-state index >= 15 is 0 Å². The molecule has 2 heterocycles. The van der Waals surface area contributed by atoms with E-state index in [2.05, 4.69) is 4.98 Å². The van der Waals surface area contributed by atoms with Crippen molar-refractivity contribution in [3.8, 4) is 0 Å². The van der Waals surface area contributed by atoms with Crippen LogP contribution in [-0.4, -0.2) is 45.4 Å². The molecule has 0 amide bonds. The van der Waals surface area contributed by atoms with Gasteiger partial charge in [-0.1, -0.05) is 11.6 Å². The van der Waals surface area contributed by atoms with E-state index in [9.17, 15) is 10.2 Å². The summed E-state index contributed by atoms with van der Waals surface area (Å²) >= 11 is 5.76. The number of aliphatic hydroxyl groups excluding tert-OH is 2. The smallest absolute Gasteiger partial charge is 0.129 e. The van der Waals surface area contributed by atoms with E-state index in [4.69, 9.17) is 11.6 Å². The third-order valence-electron chi connectivity index (χ3n) is 2.53. The average molecular weight is 229 g/mol. The van der Waals surface area contributed by atoms with Crippen molar-refractivity contribution in [1.29, 1.82) is 0 Å². The molecular weight excluding hydrogens is 216 g/mol. The minimum absolute atomic E-state index is 0.466. The molecule has 1 aromatic rings. The highest BCUT2D eigenvalue weighted by Gasteiger charge is 2.29. The van der Waals surface area contributed by atoms with Crippen LogP contribution < -0.4 is 0 Å². The summed E-state index contributed by atoms with van der Waals surface area (Å²) in [4.78, 5) is 5.88. The molecule has 0 spiro atoms. The van der Waals surface area contributed by atoms with Gasteiger partial charge in [-0.25, -0.2) is 4.98 Å². The quantitative estimate of drug-likeness (QED) is 0.714. The van der Waals surface area contributed by atoms with E-state index in [0.717, 1.165) is 5.56 Å². The number of pyridine rings is 1. The zero-order valence-corrected chi connectivity index (χ0v) is 8.93. The van der Waals surface area contributed by atoms with E-state index in [1.54, 1.807) is 12.3 Å². The van der Waals surface area contributed by atoms with E-state index < -0.39 is 12.2 Å². The van der Waals surface area contributed by atoms with Crippen LogP contribution in [0.4, 0.5) is 0 Å². The lowest BCUT2D eigenvalue weighted by Gasteiger charge is -2.14. The van der Waals surface area contributed by atoms with E-state index in [1.165, 1.54) is 0 Å². The molecule has 1 aliphatic heterocycles. The van der Waals surface area contributed by atoms with Crippen molar-refractivity contribution in [1.82, 2.24) is 9.88 Å². The number of hydrogen-bond donors (Lipinski definition) is 2. The number of likely N-dealkylation sites (tertiary alicyclic amines) is 1. The maximum Gasteiger partial charge on any atom is 0.129 e. The maximum atomic E-state index is 9.37. The van der Waals surface area contributed by atoms with Crippen LogP contribution in [-0.2, 0) is 6.54 Å². The van der Waals surface area contributed by atoms with Crippen LogP contribution >= 0.6 is 11.6 Å². The molecule has 5 heteroatoms. The van der Waals surface area contributed by atoms with Gasteiger partial charge in [-0.05, 0) is 17.7 Å². The molecule has 0 aliphatic carbocycles. The van der Waals surface area contributed by atoms with Crippen LogP contribution in [0.1, 0.15) is 5.56 Å². The minimum atomic E-state index is -0.637. The third kappa shape index (κ3) is 2.66. The third-order valence-corrected chi connectivity index (χ3v) is 2.74. The number of hydrogen-bond acceptors (Lipinski definition) is 4. The minimum Gasteiger partial charge on any atom is -0.389 e. The van der Waals surface area contributed by atoms with Gasteiger partial charge in [0.25, 0.3) is 0 Å². The second kappa shape index (κ2) is 4.45. The van der Waals surface area contributed by atoms with Gasteiger partial charge in [-0.15, -0.1) is 0 Å². The summed E-state index contributed by atoms with van der Waals surface area (Å²) in [5, 5.41) is 19.2. The topological polar surface area (TPSA) is 56.6 Å². The Kier molecular flexibility index (Phi) is 3.21. The number of β-amino-alcohol motifs (C(OH)–C–C–N with tert-alkyl or cyclic N) is 2. The molecule has 1 aromatic heterocycles. The van der Waals surface area contributed by atoms with Crippen LogP contribution in [0.2, 0.25) is 5.15 Å². The first-order chi connectivity index (χ1) is 7.15. The van der Waals surface area contributed by atoms with Crippen molar-refractivity contribution in [2.75, 3.05) is 13.1 Å². The Morgan fingerprint density at radius 3 is 2.67 bits per heavy atom. The number of aliphatic hydroxyl groups is 2. The lowest BCUT2D eigenvalue weighted by Crippen LogP contribution is -2.22. The van der Waals surface area contributed by atoms with Gasteiger partial charge in [-0.3, -0.25) is 4.90 Å². The first-order valence-corrected chi connectivity index (χ1v) is 5.22. The Labute approximate surface area is 93.1 Å². The lowest BCUT2D eigenvalue weighted by molar-refractivity contribution is 0.0572. The fourth-order valence-electron chi connectivity index (χ4n) is 1.78. The number of aromatic nitrogens is 1. The molecule has 0 bridgehead atoms. The lowest BCUT2D eigenvalue weighted by atomic mass is 10.2. The van der Waals surface area contributed by atoms with Gasteiger partial charge in [0.05, 0.1) is 12.2 Å². The fraction of sp³-hybridized carbons (Fsp3) is 0.500. The molecule has 15 heavy (non-hydrogen) atoms. The van der Waals surface area contributed by atoms with Gasteiger partial charge in [0.15, 0.2) is 0 Å². The van der Waals surface area contributed by atoms with E-state index in [1.807, 2.05) is 11.0 Å². The van der Waals surface area contributed by atoms with Crippen molar-refractivity contribution in [3.05, 3.63) is 29.0 Å². The predicted molar refractivity (Wildman–Crippen MR) is 56.5 cm³/mol. The summed E-state index contributed by atoms with van der Waals surface area (Å²) in [7, 11) is 0. The summed E-state index contributed by atoms with van der Waals surface area (Å²) < 4.78 is 0. The van der Waals surface area contributed by atoms with Crippen molar-refractivity contribution < 1.29 is 10.2 Å². The van der Waals surface area contributed by atoms with Crippen LogP contribution in [0.15, 0.2) is 18.3 Å². The Hall–Kier alpha value is -0.680. The van der Waals surface area contributed by atoms with Crippen molar-refractivity contribution in [3.63, 3.8) is 0 Å². The van der Waals surface area contributed by atoms with Gasteiger partial charge in [0.2, 0.25) is 0 Å². The van der Waals surface area contributed by atoms with Gasteiger partial charge in [0.1, 0.15) is 5.15 Å². The first-order valence-electron chi connectivity index (χ1n) is 4.84. The van der Waals surface area contributed by atoms with Crippen LogP contribution in [0.3, 0.4) is 0 Å². The Morgan fingerprint density at radius 1 is 1.40 bits per heavy atom. The molecule has 0 aromatic carbocycles. The monoisotopic (exact) mass is 228 g/mol. The van der Waals surface area contributed by atoms with E-state index in [0.29, 0.717) is 24.8 Å². The SMILES string of the molecule is O[C@@H]1CN(Cc2ccnc(Cl)c2)C[C@H]1O. The molecule has 4 nitrogen and oxygen atoms in total. The zero-order chi connectivity index (χ0) is 10.8. The Morgan fingerprint density at radius 2 is 2.07 bits per heavy atom. The highest BCUT2D eigenvalue weighted by Crippen LogP contribution is 2.15. The predicted octanol–water partition coefficient (Wildman–Crippen LogP) is 0.272. The van der Waals surface area contributed by atoms with Crippen molar-refractivity contribution in [2.45, 2.75) is 18.8 Å². The molecule has 0 unspecified atom stereocenters. The second-order valence-corrected chi connectivity index (χ2v) is 4.20. The number of rotatable bonds is 2. The van der Waals surface area contributed by atoms with Gasteiger partial charge >= 0.3 is 0 Å². The standard InChI is InChI=1S/C10H13ClN2O2/c11-10-3-7(1-2-12-10)4-13-5-8(14)9(15)6-13/h1-3,8-9,14-15H,4-6H2/t8-,9-/m1/s1. The molecule has 2 N–H and O–H groups in total. The summed E-state index contributed by atoms with van der Waals surface area (Å²) in [5.41, 5.74) is 1.04. The summed E-state index contributed by atoms with van der Waals surface area (Å²) in [6.07, 6.45) is 0.380. The van der Waals surface area contributed by atoms with Crippen molar-refractivity contribution >= 4 is 11.6 Å². The van der Waals surface area contributed by atoms with E-state index in [-0.39, 0.29) is 0 Å². The maximum absolute atomic E-state index is 9.37. The largest absolute Gasteiger partial charge is 0.389 e. The van der Waals surface area contributed by atoms with Crippen LogP contribution in [0, 0.1) is 0 Å². The van der Waals surface area contributed by atoms with Crippen molar-refractivity contribution in [2.24, 2.45) is 0 Å². The number of halogens is 1. The average Bonchev–Trinajstić information content (AvgIpc) is 2.45. The molecule has 2 rings (SSSR count).